The first-order valence-electron chi connectivity index (χ1n) is 7.42. The largest absolute Gasteiger partial charge is 0.459 e. The van der Waals surface area contributed by atoms with E-state index < -0.39 is 24.1 Å². The molecule has 7 nitrogen and oxygen atoms in total. The lowest BCUT2D eigenvalue weighted by Gasteiger charge is -2.20. The SMILES string of the molecule is CC(=O)OC(C)C(/C=C/[C@H]1O[C@H]1C1CC=CC(=O)O1)OC(C)=O. The van der Waals surface area contributed by atoms with Crippen molar-refractivity contribution < 1.29 is 33.3 Å². The lowest BCUT2D eigenvalue weighted by atomic mass is 10.1. The summed E-state index contributed by atoms with van der Waals surface area (Å²) in [5, 5.41) is 0. The van der Waals surface area contributed by atoms with E-state index >= 15 is 0 Å². The number of rotatable bonds is 6. The third kappa shape index (κ3) is 5.21. The predicted octanol–water partition coefficient (Wildman–Crippen LogP) is 1.06. The van der Waals surface area contributed by atoms with Gasteiger partial charge >= 0.3 is 17.9 Å². The van der Waals surface area contributed by atoms with E-state index in [0.717, 1.165) is 0 Å². The van der Waals surface area contributed by atoms with Crippen LogP contribution in [0.25, 0.3) is 0 Å². The fourth-order valence-corrected chi connectivity index (χ4v) is 2.36. The van der Waals surface area contributed by atoms with Gasteiger partial charge < -0.3 is 18.9 Å². The molecule has 1 fully saturated rings. The molecule has 3 unspecified atom stereocenters. The highest BCUT2D eigenvalue weighted by Gasteiger charge is 2.45. The standard InChI is InChI=1S/C16H20O7/c1-9(20-10(2)17)12(21-11(3)18)7-8-14-16(23-14)13-5-4-6-15(19)22-13/h4,6-9,12-14,16H,5H2,1-3H3/b8-7+/t9?,12?,13?,14-,16+/m1/s1. The number of esters is 3. The number of cyclic esters (lactones) is 1. The summed E-state index contributed by atoms with van der Waals surface area (Å²) in [6.45, 7) is 4.21. The maximum absolute atomic E-state index is 11.2. The molecule has 0 radical (unpaired) electrons. The Balaban J connectivity index is 1.90. The van der Waals surface area contributed by atoms with E-state index in [1.807, 2.05) is 0 Å². The molecule has 5 atom stereocenters. The molecule has 0 amide bonds. The summed E-state index contributed by atoms with van der Waals surface area (Å²) in [7, 11) is 0. The Kier molecular flexibility index (Phi) is 5.54. The van der Waals surface area contributed by atoms with Gasteiger partial charge in [-0.15, -0.1) is 0 Å². The van der Waals surface area contributed by atoms with Crippen LogP contribution < -0.4 is 0 Å². The second-order valence-electron chi connectivity index (χ2n) is 5.45. The van der Waals surface area contributed by atoms with Crippen LogP contribution in [0.1, 0.15) is 27.2 Å². The normalized spacial score (nSPS) is 28.8. The summed E-state index contributed by atoms with van der Waals surface area (Å²) in [5.74, 6) is -1.30. The molecule has 7 heteroatoms. The van der Waals surface area contributed by atoms with E-state index in [9.17, 15) is 14.4 Å². The molecule has 23 heavy (non-hydrogen) atoms. The van der Waals surface area contributed by atoms with Gasteiger partial charge in [0.05, 0.1) is 0 Å². The van der Waals surface area contributed by atoms with Crippen LogP contribution >= 0.6 is 0 Å². The lowest BCUT2D eigenvalue weighted by molar-refractivity contribution is -0.160. The van der Waals surface area contributed by atoms with Crippen LogP contribution in [-0.2, 0) is 33.3 Å². The first-order chi connectivity index (χ1) is 10.9. The van der Waals surface area contributed by atoms with Gasteiger partial charge in [0.15, 0.2) is 6.10 Å². The van der Waals surface area contributed by atoms with Crippen molar-refractivity contribution in [2.24, 2.45) is 0 Å². The zero-order valence-corrected chi connectivity index (χ0v) is 13.3. The number of carbonyl (C=O) groups excluding carboxylic acids is 3. The topological polar surface area (TPSA) is 91.4 Å². The van der Waals surface area contributed by atoms with E-state index in [4.69, 9.17) is 18.9 Å². The zero-order valence-electron chi connectivity index (χ0n) is 13.3. The molecule has 2 aliphatic heterocycles. The molecule has 0 saturated carbocycles. The Labute approximate surface area is 134 Å². The quantitative estimate of drug-likeness (QED) is 0.312. The number of hydrogen-bond donors (Lipinski definition) is 0. The number of ether oxygens (including phenoxy) is 4. The minimum atomic E-state index is -0.699. The molecule has 0 aromatic rings. The summed E-state index contributed by atoms with van der Waals surface area (Å²) < 4.78 is 20.8. The highest BCUT2D eigenvalue weighted by atomic mass is 16.6. The molecular formula is C16H20O7. The van der Waals surface area contributed by atoms with Crippen LogP contribution in [0.2, 0.25) is 0 Å². The van der Waals surface area contributed by atoms with E-state index in [1.54, 1.807) is 25.2 Å². The molecule has 0 aromatic carbocycles. The molecular weight excluding hydrogens is 304 g/mol. The van der Waals surface area contributed by atoms with E-state index in [1.165, 1.54) is 19.9 Å². The molecule has 2 rings (SSSR count). The first-order valence-corrected chi connectivity index (χ1v) is 7.42. The van der Waals surface area contributed by atoms with Gasteiger partial charge in [-0.2, -0.15) is 0 Å². The van der Waals surface area contributed by atoms with Crippen molar-refractivity contribution in [2.75, 3.05) is 0 Å². The molecule has 1 saturated heterocycles. The summed E-state index contributed by atoms with van der Waals surface area (Å²) in [5.41, 5.74) is 0. The molecule has 0 bridgehead atoms. The third-order valence-corrected chi connectivity index (χ3v) is 3.42. The second kappa shape index (κ2) is 7.41. The molecule has 0 aromatic heterocycles. The zero-order chi connectivity index (χ0) is 17.0. The molecule has 0 N–H and O–H groups in total. The molecule has 126 valence electrons. The van der Waals surface area contributed by atoms with Gasteiger partial charge in [0, 0.05) is 26.3 Å². The number of epoxide rings is 1. The molecule has 0 spiro atoms. The van der Waals surface area contributed by atoms with Crippen LogP contribution in [-0.4, -0.2) is 48.4 Å². The molecule has 2 heterocycles. The van der Waals surface area contributed by atoms with Crippen molar-refractivity contribution in [2.45, 2.75) is 57.7 Å². The summed E-state index contributed by atoms with van der Waals surface area (Å²) >= 11 is 0. The van der Waals surface area contributed by atoms with Gasteiger partial charge in [0.25, 0.3) is 0 Å². The Morgan fingerprint density at radius 1 is 1.30 bits per heavy atom. The predicted molar refractivity (Wildman–Crippen MR) is 78.2 cm³/mol. The number of carbonyl (C=O) groups is 3. The minimum Gasteiger partial charge on any atom is -0.459 e. The monoisotopic (exact) mass is 324 g/mol. The van der Waals surface area contributed by atoms with Gasteiger partial charge in [0.1, 0.15) is 24.4 Å². The average molecular weight is 324 g/mol. The van der Waals surface area contributed by atoms with E-state index in [0.29, 0.717) is 6.42 Å². The maximum Gasteiger partial charge on any atom is 0.330 e. The number of hydrogen-bond acceptors (Lipinski definition) is 7. The van der Waals surface area contributed by atoms with Crippen molar-refractivity contribution in [3.63, 3.8) is 0 Å². The van der Waals surface area contributed by atoms with Crippen molar-refractivity contribution in [1.82, 2.24) is 0 Å². The minimum absolute atomic E-state index is 0.206. The lowest BCUT2D eigenvalue weighted by Crippen LogP contribution is -2.30. The summed E-state index contributed by atoms with van der Waals surface area (Å²) in [4.78, 5) is 33.4. The first kappa shape index (κ1) is 17.2. The highest BCUT2D eigenvalue weighted by molar-refractivity contribution is 5.82. The van der Waals surface area contributed by atoms with Crippen LogP contribution in [0.4, 0.5) is 0 Å². The van der Waals surface area contributed by atoms with Gasteiger partial charge in [-0.3, -0.25) is 9.59 Å². The molecule has 0 aliphatic carbocycles. The Morgan fingerprint density at radius 3 is 2.61 bits per heavy atom. The summed E-state index contributed by atoms with van der Waals surface area (Å²) in [6, 6.07) is 0. The van der Waals surface area contributed by atoms with Gasteiger partial charge in [-0.1, -0.05) is 12.2 Å². The second-order valence-corrected chi connectivity index (χ2v) is 5.45. The smallest absolute Gasteiger partial charge is 0.330 e. The van der Waals surface area contributed by atoms with Crippen LogP contribution in [0.3, 0.4) is 0 Å². The van der Waals surface area contributed by atoms with Gasteiger partial charge in [-0.25, -0.2) is 4.79 Å². The van der Waals surface area contributed by atoms with Crippen LogP contribution in [0, 0.1) is 0 Å². The van der Waals surface area contributed by atoms with Gasteiger partial charge in [-0.05, 0) is 13.0 Å². The maximum atomic E-state index is 11.2. The van der Waals surface area contributed by atoms with Crippen molar-refractivity contribution in [3.05, 3.63) is 24.3 Å². The van der Waals surface area contributed by atoms with E-state index in [-0.39, 0.29) is 24.3 Å². The van der Waals surface area contributed by atoms with Crippen LogP contribution in [0.15, 0.2) is 24.3 Å². The Bertz CT molecular complexity index is 537. The van der Waals surface area contributed by atoms with Crippen molar-refractivity contribution in [1.29, 1.82) is 0 Å². The fourth-order valence-electron chi connectivity index (χ4n) is 2.36. The average Bonchev–Trinajstić information content (AvgIpc) is 3.21. The summed E-state index contributed by atoms with van der Waals surface area (Å²) in [6.07, 6.45) is 5.06. The van der Waals surface area contributed by atoms with E-state index in [2.05, 4.69) is 0 Å². The fraction of sp³-hybridized carbons (Fsp3) is 0.562. The Morgan fingerprint density at radius 2 is 2.00 bits per heavy atom. The highest BCUT2D eigenvalue weighted by Crippen LogP contribution is 2.32. The third-order valence-electron chi connectivity index (χ3n) is 3.42. The van der Waals surface area contributed by atoms with Gasteiger partial charge in [0.2, 0.25) is 0 Å². The van der Waals surface area contributed by atoms with Crippen LogP contribution in [0.5, 0.6) is 0 Å². The molecule has 2 aliphatic rings. The Hall–Kier alpha value is -2.15. The van der Waals surface area contributed by atoms with Crippen molar-refractivity contribution >= 4 is 17.9 Å². The van der Waals surface area contributed by atoms with Crippen molar-refractivity contribution in [3.8, 4) is 0 Å².